The van der Waals surface area contributed by atoms with Crippen LogP contribution in [0.5, 0.6) is 0 Å². The Kier molecular flexibility index (Phi) is 4.12. The Morgan fingerprint density at radius 2 is 2.20 bits per heavy atom. The van der Waals surface area contributed by atoms with Gasteiger partial charge in [0.15, 0.2) is 6.61 Å². The van der Waals surface area contributed by atoms with Gasteiger partial charge >= 0.3 is 5.97 Å². The summed E-state index contributed by atoms with van der Waals surface area (Å²) in [6.07, 6.45) is 0. The van der Waals surface area contributed by atoms with E-state index in [1.807, 2.05) is 0 Å². The third kappa shape index (κ3) is 3.59. The van der Waals surface area contributed by atoms with Crippen molar-refractivity contribution in [1.82, 2.24) is 5.32 Å². The molecule has 4 nitrogen and oxygen atoms in total. The van der Waals surface area contributed by atoms with Gasteiger partial charge in [-0.05, 0) is 18.2 Å². The van der Waals surface area contributed by atoms with Crippen LogP contribution in [0.4, 0.5) is 0 Å². The summed E-state index contributed by atoms with van der Waals surface area (Å²) in [6.45, 7) is -0.290. The lowest BCUT2D eigenvalue weighted by Gasteiger charge is -2.03. The number of hydrogen-bond donors (Lipinski definition) is 1. The molecule has 0 unspecified atom stereocenters. The molecule has 0 spiro atoms. The van der Waals surface area contributed by atoms with Crippen LogP contribution in [0.15, 0.2) is 24.3 Å². The van der Waals surface area contributed by atoms with E-state index in [0.29, 0.717) is 10.6 Å². The molecule has 15 heavy (non-hydrogen) atoms. The molecule has 0 saturated heterocycles. The highest BCUT2D eigenvalue weighted by atomic mass is 35.5. The average Bonchev–Trinajstić information content (AvgIpc) is 2.25. The molecule has 0 saturated carbocycles. The summed E-state index contributed by atoms with van der Waals surface area (Å²) in [6, 6.07) is 6.34. The van der Waals surface area contributed by atoms with E-state index < -0.39 is 5.97 Å². The third-order valence-electron chi connectivity index (χ3n) is 1.67. The molecule has 1 N–H and O–H groups in total. The predicted molar refractivity (Wildman–Crippen MR) is 55.8 cm³/mol. The van der Waals surface area contributed by atoms with Crippen molar-refractivity contribution in [3.63, 3.8) is 0 Å². The molecule has 0 bridgehead atoms. The number of ether oxygens (including phenoxy) is 1. The SMILES string of the molecule is CNC(=O)COC(=O)c1cccc(Cl)c1. The molecule has 0 atom stereocenters. The third-order valence-corrected chi connectivity index (χ3v) is 1.91. The van der Waals surface area contributed by atoms with Gasteiger partial charge in [-0.15, -0.1) is 0 Å². The minimum Gasteiger partial charge on any atom is -0.452 e. The number of carbonyl (C=O) groups excluding carboxylic acids is 2. The van der Waals surface area contributed by atoms with Crippen LogP contribution in [0.1, 0.15) is 10.4 Å². The van der Waals surface area contributed by atoms with E-state index in [1.165, 1.54) is 13.1 Å². The first-order valence-electron chi connectivity index (χ1n) is 4.26. The Labute approximate surface area is 92.2 Å². The molecule has 1 aromatic rings. The van der Waals surface area contributed by atoms with Crippen molar-refractivity contribution in [3.05, 3.63) is 34.9 Å². The van der Waals surface area contributed by atoms with E-state index in [4.69, 9.17) is 16.3 Å². The van der Waals surface area contributed by atoms with Crippen molar-refractivity contribution in [2.24, 2.45) is 0 Å². The second kappa shape index (κ2) is 5.36. The number of rotatable bonds is 3. The van der Waals surface area contributed by atoms with E-state index in [-0.39, 0.29) is 12.5 Å². The van der Waals surface area contributed by atoms with Crippen LogP contribution in [0.3, 0.4) is 0 Å². The maximum Gasteiger partial charge on any atom is 0.338 e. The summed E-state index contributed by atoms with van der Waals surface area (Å²) in [5, 5.41) is 2.79. The van der Waals surface area contributed by atoms with Crippen LogP contribution < -0.4 is 5.32 Å². The van der Waals surface area contributed by atoms with Gasteiger partial charge < -0.3 is 10.1 Å². The first-order valence-corrected chi connectivity index (χ1v) is 4.64. The fraction of sp³-hybridized carbons (Fsp3) is 0.200. The minimum atomic E-state index is -0.568. The van der Waals surface area contributed by atoms with Crippen molar-refractivity contribution in [2.45, 2.75) is 0 Å². The van der Waals surface area contributed by atoms with Gasteiger partial charge in [0, 0.05) is 12.1 Å². The molecule has 0 aromatic heterocycles. The lowest BCUT2D eigenvalue weighted by Crippen LogP contribution is -2.25. The van der Waals surface area contributed by atoms with Gasteiger partial charge in [-0.3, -0.25) is 4.79 Å². The van der Waals surface area contributed by atoms with Crippen molar-refractivity contribution in [3.8, 4) is 0 Å². The zero-order valence-corrected chi connectivity index (χ0v) is 8.88. The summed E-state index contributed by atoms with van der Waals surface area (Å²) in [4.78, 5) is 22.2. The van der Waals surface area contributed by atoms with E-state index in [2.05, 4.69) is 5.32 Å². The summed E-state index contributed by atoms with van der Waals surface area (Å²) >= 11 is 5.69. The number of nitrogens with one attached hydrogen (secondary N) is 1. The molecule has 0 aliphatic rings. The first-order chi connectivity index (χ1) is 7.13. The van der Waals surface area contributed by atoms with Crippen LogP contribution >= 0.6 is 11.6 Å². The molecule has 0 fully saturated rings. The van der Waals surface area contributed by atoms with Gasteiger partial charge in [0.05, 0.1) is 5.56 Å². The van der Waals surface area contributed by atoms with Crippen molar-refractivity contribution < 1.29 is 14.3 Å². The monoisotopic (exact) mass is 227 g/mol. The quantitative estimate of drug-likeness (QED) is 0.791. The summed E-state index contributed by atoms with van der Waals surface area (Å²) in [7, 11) is 1.47. The highest BCUT2D eigenvalue weighted by Crippen LogP contribution is 2.11. The van der Waals surface area contributed by atoms with Gasteiger partial charge in [-0.2, -0.15) is 0 Å². The Bertz CT molecular complexity index is 379. The Balaban J connectivity index is 2.58. The maximum absolute atomic E-state index is 11.4. The molecule has 0 aliphatic carbocycles. The summed E-state index contributed by atoms with van der Waals surface area (Å²) in [5.74, 6) is -0.925. The topological polar surface area (TPSA) is 55.4 Å². The number of likely N-dealkylation sites (N-methyl/N-ethyl adjacent to an activating group) is 1. The Morgan fingerprint density at radius 3 is 2.80 bits per heavy atom. The van der Waals surface area contributed by atoms with Gasteiger partial charge in [0.2, 0.25) is 0 Å². The Morgan fingerprint density at radius 1 is 1.47 bits per heavy atom. The molecular weight excluding hydrogens is 218 g/mol. The number of hydrogen-bond acceptors (Lipinski definition) is 3. The number of benzene rings is 1. The van der Waals surface area contributed by atoms with Gasteiger partial charge in [-0.1, -0.05) is 17.7 Å². The van der Waals surface area contributed by atoms with Crippen LogP contribution in [0.25, 0.3) is 0 Å². The number of halogens is 1. The molecule has 80 valence electrons. The zero-order valence-electron chi connectivity index (χ0n) is 8.12. The fourth-order valence-electron chi connectivity index (χ4n) is 0.902. The van der Waals surface area contributed by atoms with E-state index in [0.717, 1.165) is 0 Å². The molecule has 1 amide bonds. The molecule has 5 heteroatoms. The van der Waals surface area contributed by atoms with Gasteiger partial charge in [0.25, 0.3) is 5.91 Å². The normalized spacial score (nSPS) is 9.47. The van der Waals surface area contributed by atoms with Crippen molar-refractivity contribution in [2.75, 3.05) is 13.7 Å². The standard InChI is InChI=1S/C10H10ClNO3/c1-12-9(13)6-15-10(14)7-3-2-4-8(11)5-7/h2-5H,6H2,1H3,(H,12,13). The van der Waals surface area contributed by atoms with E-state index in [1.54, 1.807) is 18.2 Å². The van der Waals surface area contributed by atoms with Crippen LogP contribution in [-0.4, -0.2) is 25.5 Å². The second-order valence-corrected chi connectivity index (χ2v) is 3.20. The predicted octanol–water partition coefficient (Wildman–Crippen LogP) is 1.24. The zero-order chi connectivity index (χ0) is 11.3. The molecule has 1 aromatic carbocycles. The highest BCUT2D eigenvalue weighted by Gasteiger charge is 2.09. The smallest absolute Gasteiger partial charge is 0.338 e. The summed E-state index contributed by atoms with van der Waals surface area (Å²) < 4.78 is 4.73. The lowest BCUT2D eigenvalue weighted by atomic mass is 10.2. The van der Waals surface area contributed by atoms with Crippen molar-refractivity contribution >= 4 is 23.5 Å². The number of esters is 1. The highest BCUT2D eigenvalue weighted by molar-refractivity contribution is 6.30. The molecule has 1 rings (SSSR count). The molecular formula is C10H10ClNO3. The van der Waals surface area contributed by atoms with Crippen LogP contribution in [-0.2, 0) is 9.53 Å². The molecule has 0 heterocycles. The second-order valence-electron chi connectivity index (χ2n) is 2.76. The maximum atomic E-state index is 11.4. The largest absolute Gasteiger partial charge is 0.452 e. The van der Waals surface area contributed by atoms with Gasteiger partial charge in [-0.25, -0.2) is 4.79 Å². The molecule has 0 radical (unpaired) electrons. The first kappa shape index (κ1) is 11.5. The number of amides is 1. The molecule has 0 aliphatic heterocycles. The van der Waals surface area contributed by atoms with E-state index >= 15 is 0 Å². The fourth-order valence-corrected chi connectivity index (χ4v) is 1.09. The van der Waals surface area contributed by atoms with E-state index in [9.17, 15) is 9.59 Å². The van der Waals surface area contributed by atoms with Gasteiger partial charge in [0.1, 0.15) is 0 Å². The van der Waals surface area contributed by atoms with Crippen molar-refractivity contribution in [1.29, 1.82) is 0 Å². The minimum absolute atomic E-state index is 0.290. The average molecular weight is 228 g/mol. The van der Waals surface area contributed by atoms with Crippen LogP contribution in [0.2, 0.25) is 5.02 Å². The lowest BCUT2D eigenvalue weighted by molar-refractivity contribution is -0.123. The number of carbonyl (C=O) groups is 2. The Hall–Kier alpha value is -1.55. The summed E-state index contributed by atoms with van der Waals surface area (Å²) in [5.41, 5.74) is 0.325. The van der Waals surface area contributed by atoms with Crippen LogP contribution in [0, 0.1) is 0 Å².